The van der Waals surface area contributed by atoms with Gasteiger partial charge in [0.2, 0.25) is 5.60 Å². The molecule has 0 aromatic carbocycles. The van der Waals surface area contributed by atoms with Crippen molar-refractivity contribution in [2.45, 2.75) is 153 Å². The summed E-state index contributed by atoms with van der Waals surface area (Å²) >= 11 is 0. The van der Waals surface area contributed by atoms with E-state index in [1.807, 2.05) is 12.1 Å². The van der Waals surface area contributed by atoms with E-state index in [0.717, 1.165) is 19.3 Å². The summed E-state index contributed by atoms with van der Waals surface area (Å²) in [5.41, 5.74) is 0.00461. The van der Waals surface area contributed by atoms with Crippen LogP contribution in [0.1, 0.15) is 132 Å². The number of aliphatic hydroxyl groups excluding tert-OH is 2. The first-order chi connectivity index (χ1) is 27.6. The lowest BCUT2D eigenvalue weighted by Crippen LogP contribution is -2.41. The Morgan fingerprint density at radius 1 is 0.912 bits per heavy atom. The Balaban J connectivity index is 1.18. The molecule has 3 aromatic heterocycles. The maximum absolute atomic E-state index is 13.0. The number of aliphatic hydroxyl groups is 2. The molecule has 0 aliphatic carbocycles. The number of nitriles is 2. The fourth-order valence-electron chi connectivity index (χ4n) is 6.97. The molecular formula is C41H61N6O9P. The predicted octanol–water partition coefficient (Wildman–Crippen LogP) is 7.14. The van der Waals surface area contributed by atoms with Gasteiger partial charge in [-0.15, -0.1) is 0 Å². The maximum atomic E-state index is 13.0. The van der Waals surface area contributed by atoms with E-state index in [4.69, 9.17) is 23.3 Å². The van der Waals surface area contributed by atoms with Crippen molar-refractivity contribution in [2.75, 3.05) is 26.4 Å². The van der Waals surface area contributed by atoms with Gasteiger partial charge in [-0.2, -0.15) is 15.6 Å². The summed E-state index contributed by atoms with van der Waals surface area (Å²) in [6.07, 6.45) is 16.1. The molecule has 3 N–H and O–H groups in total. The fraction of sp³-hybridized carbons (Fsp3) is 0.683. The highest BCUT2D eigenvalue weighted by Crippen LogP contribution is 2.46. The molecule has 4 heterocycles. The van der Waals surface area contributed by atoms with Gasteiger partial charge in [-0.25, -0.2) is 19.0 Å². The van der Waals surface area contributed by atoms with Crippen molar-refractivity contribution >= 4 is 13.3 Å². The Labute approximate surface area is 336 Å². The number of fused-ring (bicyclic) bond motifs is 1. The molecule has 0 saturated carbocycles. The zero-order valence-corrected chi connectivity index (χ0v) is 34.4. The van der Waals surface area contributed by atoms with Crippen LogP contribution in [0.4, 0.5) is 0 Å². The molecule has 0 amide bonds. The van der Waals surface area contributed by atoms with Gasteiger partial charge in [0, 0.05) is 6.61 Å². The average Bonchev–Trinajstić information content (AvgIpc) is 3.76. The predicted molar refractivity (Wildman–Crippen MR) is 212 cm³/mol. The number of phosphoric acid groups is 1. The fourth-order valence-corrected chi connectivity index (χ4v) is 7.74. The summed E-state index contributed by atoms with van der Waals surface area (Å²) in [6.45, 7) is 3.48. The third-order valence-electron chi connectivity index (χ3n) is 10.3. The molecule has 0 spiro atoms. The van der Waals surface area contributed by atoms with E-state index >= 15 is 0 Å². The molecule has 1 fully saturated rings. The lowest BCUT2D eigenvalue weighted by molar-refractivity contribution is -0.0692. The zero-order valence-electron chi connectivity index (χ0n) is 33.5. The minimum Gasteiger partial charge on any atom is -0.387 e. The molecule has 57 heavy (non-hydrogen) atoms. The molecular weight excluding hydrogens is 751 g/mol. The summed E-state index contributed by atoms with van der Waals surface area (Å²) in [7, 11) is -4.76. The van der Waals surface area contributed by atoms with Crippen molar-refractivity contribution in [1.29, 1.82) is 10.5 Å². The van der Waals surface area contributed by atoms with Gasteiger partial charge in [-0.3, -0.25) is 9.05 Å². The van der Waals surface area contributed by atoms with Gasteiger partial charge >= 0.3 is 7.82 Å². The summed E-state index contributed by atoms with van der Waals surface area (Å²) < 4.78 is 42.5. The van der Waals surface area contributed by atoms with Crippen molar-refractivity contribution in [1.82, 2.24) is 19.6 Å². The van der Waals surface area contributed by atoms with Crippen LogP contribution in [0, 0.1) is 29.6 Å². The van der Waals surface area contributed by atoms with Crippen LogP contribution in [0.25, 0.3) is 5.52 Å². The van der Waals surface area contributed by atoms with Gasteiger partial charge in [0.15, 0.2) is 0 Å². The lowest BCUT2D eigenvalue weighted by Gasteiger charge is -2.24. The third-order valence-corrected chi connectivity index (χ3v) is 11.3. The van der Waals surface area contributed by atoms with Crippen LogP contribution in [0.2, 0.25) is 0 Å². The van der Waals surface area contributed by atoms with Gasteiger partial charge < -0.3 is 29.3 Å². The first-order valence-corrected chi connectivity index (χ1v) is 22.1. The number of hydrogen-bond donors (Lipinski definition) is 3. The maximum Gasteiger partial charge on any atom is 0.472 e. The van der Waals surface area contributed by atoms with E-state index in [1.54, 1.807) is 31.2 Å². The normalized spacial score (nSPS) is 21.0. The minimum atomic E-state index is -4.76. The second kappa shape index (κ2) is 24.6. The number of ether oxygens (including phenoxy) is 3. The Hall–Kier alpha value is -3.34. The molecule has 0 bridgehead atoms. The largest absolute Gasteiger partial charge is 0.472 e. The van der Waals surface area contributed by atoms with E-state index in [0.29, 0.717) is 23.5 Å². The number of unbranched alkanes of at least 4 members (excludes halogenated alkanes) is 15. The Kier molecular flexibility index (Phi) is 20.0. The first-order valence-electron chi connectivity index (χ1n) is 20.6. The monoisotopic (exact) mass is 812 g/mol. The van der Waals surface area contributed by atoms with Crippen LogP contribution in [-0.2, 0) is 40.0 Å². The summed E-state index contributed by atoms with van der Waals surface area (Å²) in [5, 5.41) is 45.4. The highest BCUT2D eigenvalue weighted by Gasteiger charge is 2.58. The standard InChI is InChI=1S/C41H61N6O9P/c1-3-4-5-6-7-8-9-10-11-12-13-14-15-16-17-18-24-52-27-35(53-26-34-21-19-20-33(25-42)46-34)28-54-57(50,51)55-29-37-39(48)40(49)41(30-43,56-37)38-23-22-36-32(2)44-31-45-47(36)38/h19-23,31,35,37,39-40,48-49H,3-18,24,26-29H2,1-2H3,(H,50,51)/t35-,37-,39-,40-,41+/m1/s1. The summed E-state index contributed by atoms with van der Waals surface area (Å²) in [4.78, 5) is 18.9. The molecule has 3 aromatic rings. The first kappa shape index (κ1) is 46.4. The zero-order chi connectivity index (χ0) is 40.9. The number of rotatable bonds is 29. The smallest absolute Gasteiger partial charge is 0.387 e. The highest BCUT2D eigenvalue weighted by atomic mass is 31.2. The van der Waals surface area contributed by atoms with E-state index in [1.165, 1.54) is 100 Å². The Morgan fingerprint density at radius 3 is 2.19 bits per heavy atom. The third kappa shape index (κ3) is 14.5. The van der Waals surface area contributed by atoms with E-state index in [2.05, 4.69) is 22.0 Å². The van der Waals surface area contributed by atoms with Crippen molar-refractivity contribution in [2.24, 2.45) is 0 Å². The van der Waals surface area contributed by atoms with E-state index in [9.17, 15) is 30.2 Å². The highest BCUT2D eigenvalue weighted by molar-refractivity contribution is 7.47. The van der Waals surface area contributed by atoms with Crippen LogP contribution in [0.15, 0.2) is 36.7 Å². The van der Waals surface area contributed by atoms with E-state index in [-0.39, 0.29) is 24.6 Å². The van der Waals surface area contributed by atoms with Gasteiger partial charge in [-0.1, -0.05) is 109 Å². The molecule has 4 rings (SSSR count). The molecule has 0 radical (unpaired) electrons. The Morgan fingerprint density at radius 2 is 1.56 bits per heavy atom. The minimum absolute atomic E-state index is 0.00234. The molecule has 16 heteroatoms. The molecule has 1 aliphatic rings. The van der Waals surface area contributed by atoms with Crippen LogP contribution in [0.3, 0.4) is 0 Å². The number of nitrogens with zero attached hydrogens (tertiary/aromatic N) is 6. The molecule has 1 unspecified atom stereocenters. The van der Waals surface area contributed by atoms with Crippen molar-refractivity contribution in [3.8, 4) is 12.1 Å². The van der Waals surface area contributed by atoms with Crippen LogP contribution < -0.4 is 0 Å². The number of pyridine rings is 1. The second-order valence-electron chi connectivity index (χ2n) is 14.8. The van der Waals surface area contributed by atoms with Gasteiger partial charge in [0.25, 0.3) is 0 Å². The van der Waals surface area contributed by atoms with Crippen LogP contribution >= 0.6 is 7.82 Å². The average molecular weight is 813 g/mol. The molecule has 15 nitrogen and oxygen atoms in total. The second-order valence-corrected chi connectivity index (χ2v) is 16.3. The van der Waals surface area contributed by atoms with Crippen molar-refractivity contribution < 1.29 is 42.9 Å². The Bertz CT molecular complexity index is 1770. The topological polar surface area (TPSA) is 215 Å². The van der Waals surface area contributed by atoms with Gasteiger partial charge in [-0.05, 0) is 37.6 Å². The van der Waals surface area contributed by atoms with Gasteiger partial charge in [0.1, 0.15) is 48.6 Å². The van der Waals surface area contributed by atoms with Crippen molar-refractivity contribution in [3.63, 3.8) is 0 Å². The number of aryl methyl sites for hydroxylation is 1. The van der Waals surface area contributed by atoms with E-state index < -0.39 is 51.1 Å². The SMILES string of the molecule is CCCCCCCCCCCCCCCCCCOC[C@H](COP(=O)(O)OC[C@H]1O[C@@](C#N)(c2ccc3c(C)ncnn23)[C@H](O)[C@@H]1O)OCc1cccc(C#N)n1. The quantitative estimate of drug-likeness (QED) is 0.0469. The van der Waals surface area contributed by atoms with Crippen LogP contribution in [-0.4, -0.2) is 85.5 Å². The number of phosphoric ester groups is 1. The van der Waals surface area contributed by atoms with Crippen molar-refractivity contribution in [3.05, 3.63) is 59.4 Å². The lowest BCUT2D eigenvalue weighted by atomic mass is 9.92. The van der Waals surface area contributed by atoms with Crippen LogP contribution in [0.5, 0.6) is 0 Å². The number of hydrogen-bond acceptors (Lipinski definition) is 13. The molecule has 314 valence electrons. The molecule has 6 atom stereocenters. The number of aromatic nitrogens is 4. The van der Waals surface area contributed by atoms with Gasteiger partial charge in [0.05, 0.1) is 49.0 Å². The summed E-state index contributed by atoms with van der Waals surface area (Å²) in [6, 6.07) is 12.1. The molecule has 1 aliphatic heterocycles. The summed E-state index contributed by atoms with van der Waals surface area (Å²) in [5.74, 6) is 0. The molecule has 1 saturated heterocycles.